The third-order valence-corrected chi connectivity index (χ3v) is 3.36. The molecule has 0 saturated carbocycles. The summed E-state index contributed by atoms with van der Waals surface area (Å²) in [5, 5.41) is 8.75. The Morgan fingerprint density at radius 1 is 1.42 bits per heavy atom. The number of ether oxygens (including phenoxy) is 1. The van der Waals surface area contributed by atoms with E-state index in [4.69, 9.17) is 9.84 Å². The van der Waals surface area contributed by atoms with Crippen LogP contribution in [0.4, 0.5) is 4.79 Å². The van der Waals surface area contributed by atoms with Crippen LogP contribution in [0, 0.1) is 0 Å². The predicted molar refractivity (Wildman–Crippen MR) is 68.9 cm³/mol. The minimum absolute atomic E-state index is 0.254. The summed E-state index contributed by atoms with van der Waals surface area (Å²) in [5.74, 6) is -1.04. The predicted octanol–water partition coefficient (Wildman–Crippen LogP) is 2.00. The molecule has 0 aromatic heterocycles. The molecule has 0 bridgehead atoms. The van der Waals surface area contributed by atoms with Crippen molar-refractivity contribution in [2.24, 2.45) is 0 Å². The summed E-state index contributed by atoms with van der Waals surface area (Å²) < 4.78 is 5.35. The number of benzene rings is 1. The van der Waals surface area contributed by atoms with Gasteiger partial charge >= 0.3 is 12.1 Å². The van der Waals surface area contributed by atoms with Gasteiger partial charge < -0.3 is 9.84 Å². The molecule has 5 heteroatoms. The fourth-order valence-corrected chi connectivity index (χ4v) is 2.25. The molecule has 1 amide bonds. The summed E-state index contributed by atoms with van der Waals surface area (Å²) in [5.41, 5.74) is 1.31. The molecule has 1 aromatic carbocycles. The van der Waals surface area contributed by atoms with Crippen molar-refractivity contribution in [3.05, 3.63) is 35.4 Å². The van der Waals surface area contributed by atoms with Crippen LogP contribution in [-0.4, -0.2) is 35.2 Å². The smallest absolute Gasteiger partial charge is 0.411 e. The number of carboxylic acid groups (broad SMARTS) is 1. The van der Waals surface area contributed by atoms with Crippen LogP contribution in [0.25, 0.3) is 0 Å². The summed E-state index contributed by atoms with van der Waals surface area (Å²) in [6, 6.07) is 7.84. The van der Waals surface area contributed by atoms with Gasteiger partial charge in [-0.05, 0) is 24.5 Å². The number of aryl methyl sites for hydroxylation is 1. The maximum Gasteiger partial charge on any atom is 0.411 e. The number of cyclic esters (lactones) is 1. The van der Waals surface area contributed by atoms with Crippen LogP contribution in [0.5, 0.6) is 0 Å². The van der Waals surface area contributed by atoms with Gasteiger partial charge in [0, 0.05) is 0 Å². The van der Waals surface area contributed by atoms with E-state index in [1.165, 1.54) is 10.5 Å². The topological polar surface area (TPSA) is 66.8 Å². The van der Waals surface area contributed by atoms with Crippen LogP contribution < -0.4 is 0 Å². The largest absolute Gasteiger partial charge is 0.480 e. The number of carbonyl (C=O) groups is 2. The lowest BCUT2D eigenvalue weighted by Gasteiger charge is -2.22. The highest BCUT2D eigenvalue weighted by Gasteiger charge is 2.43. The van der Waals surface area contributed by atoms with Gasteiger partial charge in [-0.3, -0.25) is 9.69 Å². The fraction of sp³-hybridized carbons (Fsp3) is 0.429. The molecule has 0 radical (unpaired) electrons. The maximum absolute atomic E-state index is 11.7. The Labute approximate surface area is 111 Å². The quantitative estimate of drug-likeness (QED) is 0.902. The zero-order chi connectivity index (χ0) is 14.0. The molecule has 5 nitrogen and oxygen atoms in total. The highest BCUT2D eigenvalue weighted by atomic mass is 16.6. The second kappa shape index (κ2) is 4.91. The number of aliphatic carboxylic acids is 1. The first-order chi connectivity index (χ1) is 8.94. The number of carbonyl (C=O) groups excluding carboxylic acids is 1. The Kier molecular flexibility index (Phi) is 3.46. The van der Waals surface area contributed by atoms with Gasteiger partial charge in [0.2, 0.25) is 0 Å². The number of nitrogens with zero attached hydrogens (tertiary/aromatic N) is 1. The lowest BCUT2D eigenvalue weighted by Crippen LogP contribution is -2.33. The lowest BCUT2D eigenvalue weighted by molar-refractivity contribution is -0.137. The normalized spacial score (nSPS) is 22.4. The zero-order valence-corrected chi connectivity index (χ0v) is 11.0. The first-order valence-electron chi connectivity index (χ1n) is 6.24. The average Bonchev–Trinajstić information content (AvgIpc) is 2.65. The molecule has 1 unspecified atom stereocenters. The van der Waals surface area contributed by atoms with E-state index in [-0.39, 0.29) is 13.1 Å². The first kappa shape index (κ1) is 13.4. The van der Waals surface area contributed by atoms with Gasteiger partial charge in [-0.25, -0.2) is 4.79 Å². The molecule has 0 spiro atoms. The zero-order valence-electron chi connectivity index (χ0n) is 11.0. The highest BCUT2D eigenvalue weighted by molar-refractivity contribution is 5.78. The van der Waals surface area contributed by atoms with E-state index in [0.717, 1.165) is 12.0 Å². The van der Waals surface area contributed by atoms with Crippen molar-refractivity contribution in [3.63, 3.8) is 0 Å². The van der Waals surface area contributed by atoms with Gasteiger partial charge in [-0.15, -0.1) is 0 Å². The first-order valence-corrected chi connectivity index (χ1v) is 6.24. The van der Waals surface area contributed by atoms with Crippen LogP contribution in [0.1, 0.15) is 25.0 Å². The molecule has 1 aliphatic rings. The van der Waals surface area contributed by atoms with E-state index in [1.807, 2.05) is 24.3 Å². The molecule has 0 aliphatic carbocycles. The van der Waals surface area contributed by atoms with Crippen molar-refractivity contribution in [3.8, 4) is 0 Å². The van der Waals surface area contributed by atoms with E-state index >= 15 is 0 Å². The third kappa shape index (κ3) is 2.70. The fourth-order valence-electron chi connectivity index (χ4n) is 2.25. The Morgan fingerprint density at radius 3 is 2.58 bits per heavy atom. The minimum Gasteiger partial charge on any atom is -0.480 e. The van der Waals surface area contributed by atoms with Crippen molar-refractivity contribution in [2.75, 3.05) is 13.1 Å². The van der Waals surface area contributed by atoms with Crippen LogP contribution in [0.15, 0.2) is 24.3 Å². The molecule has 1 N–H and O–H groups in total. The molecular weight excluding hydrogens is 246 g/mol. The maximum atomic E-state index is 11.7. The molecule has 102 valence electrons. The molecule has 2 rings (SSSR count). The molecule has 1 saturated heterocycles. The summed E-state index contributed by atoms with van der Waals surface area (Å²) in [4.78, 5) is 23.5. The summed E-state index contributed by atoms with van der Waals surface area (Å²) in [6.07, 6.45) is 0.367. The van der Waals surface area contributed by atoms with Crippen LogP contribution in [0.3, 0.4) is 0 Å². The van der Waals surface area contributed by atoms with Crippen molar-refractivity contribution < 1.29 is 19.4 Å². The molecule has 1 aromatic rings. The van der Waals surface area contributed by atoms with Crippen LogP contribution >= 0.6 is 0 Å². The van der Waals surface area contributed by atoms with Gasteiger partial charge in [0.1, 0.15) is 6.54 Å². The lowest BCUT2D eigenvalue weighted by atomic mass is 9.94. The number of rotatable bonds is 4. The van der Waals surface area contributed by atoms with Gasteiger partial charge in [0.05, 0.1) is 6.54 Å². The second-order valence-electron chi connectivity index (χ2n) is 4.90. The highest BCUT2D eigenvalue weighted by Crippen LogP contribution is 2.32. The molecular formula is C14H17NO4. The second-order valence-corrected chi connectivity index (χ2v) is 4.90. The van der Waals surface area contributed by atoms with Crippen molar-refractivity contribution in [1.82, 2.24) is 4.90 Å². The standard InChI is InChI=1S/C14H17NO4/c1-3-10-4-6-11(7-5-10)14(2)9-15(8-12(16)17)13(18)19-14/h4-7H,3,8-9H2,1-2H3,(H,16,17). The molecule has 1 fully saturated rings. The number of hydrogen-bond acceptors (Lipinski definition) is 3. The van der Waals surface area contributed by atoms with Crippen molar-refractivity contribution in [1.29, 1.82) is 0 Å². The summed E-state index contributed by atoms with van der Waals surface area (Å²) in [7, 11) is 0. The van der Waals surface area contributed by atoms with Crippen molar-refractivity contribution in [2.45, 2.75) is 25.9 Å². The monoisotopic (exact) mass is 263 g/mol. The molecule has 1 heterocycles. The summed E-state index contributed by atoms with van der Waals surface area (Å²) >= 11 is 0. The summed E-state index contributed by atoms with van der Waals surface area (Å²) in [6.45, 7) is 3.79. The Hall–Kier alpha value is -2.04. The van der Waals surface area contributed by atoms with Gasteiger partial charge in [-0.2, -0.15) is 0 Å². The van der Waals surface area contributed by atoms with E-state index in [2.05, 4.69) is 6.92 Å². The Balaban J connectivity index is 2.19. The molecule has 1 aliphatic heterocycles. The number of amides is 1. The minimum atomic E-state index is -1.04. The van der Waals surface area contributed by atoms with Crippen LogP contribution in [-0.2, 0) is 21.6 Å². The van der Waals surface area contributed by atoms with Gasteiger partial charge in [-0.1, -0.05) is 31.2 Å². The van der Waals surface area contributed by atoms with E-state index in [0.29, 0.717) is 0 Å². The van der Waals surface area contributed by atoms with Crippen molar-refractivity contribution >= 4 is 12.1 Å². The van der Waals surface area contributed by atoms with E-state index in [1.54, 1.807) is 6.92 Å². The molecule has 19 heavy (non-hydrogen) atoms. The SMILES string of the molecule is CCc1ccc(C2(C)CN(CC(=O)O)C(=O)O2)cc1. The molecule has 1 atom stereocenters. The van der Waals surface area contributed by atoms with E-state index < -0.39 is 17.7 Å². The van der Waals surface area contributed by atoms with Gasteiger partial charge in [0.15, 0.2) is 5.60 Å². The number of hydrogen-bond donors (Lipinski definition) is 1. The van der Waals surface area contributed by atoms with Crippen LogP contribution in [0.2, 0.25) is 0 Å². The Bertz CT molecular complexity index is 497. The Morgan fingerprint density at radius 2 is 2.05 bits per heavy atom. The number of carboxylic acids is 1. The van der Waals surface area contributed by atoms with E-state index in [9.17, 15) is 9.59 Å². The third-order valence-electron chi connectivity index (χ3n) is 3.36. The van der Waals surface area contributed by atoms with Gasteiger partial charge in [0.25, 0.3) is 0 Å². The average molecular weight is 263 g/mol.